The van der Waals surface area contributed by atoms with E-state index >= 15 is 0 Å². The van der Waals surface area contributed by atoms with Gasteiger partial charge in [0.2, 0.25) is 0 Å². The quantitative estimate of drug-likeness (QED) is 0.617. The molecule has 0 heterocycles. The van der Waals surface area contributed by atoms with E-state index in [4.69, 9.17) is 6.57 Å². The topological polar surface area (TPSA) is 38.5 Å². The lowest BCUT2D eigenvalue weighted by Gasteiger charge is -2.14. The minimum atomic E-state index is -3.62. The molecule has 0 aromatic heterocycles. The molecule has 1 aromatic rings. The number of allylic oxidation sites excluding steroid dienone is 1. The number of sulfone groups is 1. The first-order chi connectivity index (χ1) is 10.1. The van der Waals surface area contributed by atoms with Gasteiger partial charge >= 0.3 is 5.37 Å². The van der Waals surface area contributed by atoms with Crippen molar-refractivity contribution in [2.45, 2.75) is 55.7 Å². The van der Waals surface area contributed by atoms with Crippen LogP contribution in [0, 0.1) is 13.5 Å². The van der Waals surface area contributed by atoms with Gasteiger partial charge in [0.25, 0.3) is 9.84 Å². The highest BCUT2D eigenvalue weighted by Gasteiger charge is 2.35. The second kappa shape index (κ2) is 6.91. The van der Waals surface area contributed by atoms with E-state index in [1.54, 1.807) is 24.3 Å². The molecule has 0 spiro atoms. The van der Waals surface area contributed by atoms with Gasteiger partial charge in [-0.25, -0.2) is 15.0 Å². The zero-order valence-electron chi connectivity index (χ0n) is 12.4. The lowest BCUT2D eigenvalue weighted by atomic mass is 10.00. The van der Waals surface area contributed by atoms with Crippen LogP contribution in [0.4, 0.5) is 0 Å². The van der Waals surface area contributed by atoms with E-state index in [0.29, 0.717) is 0 Å². The maximum atomic E-state index is 12.7. The largest absolute Gasteiger partial charge is 0.346 e. The van der Waals surface area contributed by atoms with Gasteiger partial charge in [0.05, 0.1) is 4.90 Å². The maximum Gasteiger partial charge on any atom is 0.346 e. The Hall–Kier alpha value is -1.60. The van der Waals surface area contributed by atoms with E-state index < -0.39 is 15.2 Å². The van der Waals surface area contributed by atoms with Gasteiger partial charge in [0.1, 0.15) is 0 Å². The van der Waals surface area contributed by atoms with Crippen molar-refractivity contribution in [2.24, 2.45) is 0 Å². The number of hydrogen-bond acceptors (Lipinski definition) is 2. The van der Waals surface area contributed by atoms with Crippen molar-refractivity contribution in [3.05, 3.63) is 52.9 Å². The summed E-state index contributed by atoms with van der Waals surface area (Å²) in [6, 6.07) is 6.76. The molecular weight excluding hydrogens is 282 g/mol. The molecule has 1 aliphatic carbocycles. The normalized spacial score (nSPS) is 18.0. The van der Waals surface area contributed by atoms with Gasteiger partial charge in [-0.05, 0) is 44.7 Å². The fourth-order valence-electron chi connectivity index (χ4n) is 2.65. The molecule has 0 fully saturated rings. The summed E-state index contributed by atoms with van der Waals surface area (Å²) in [6.45, 7) is 9.29. The molecule has 1 aliphatic rings. The summed E-state index contributed by atoms with van der Waals surface area (Å²) in [6.07, 6.45) is 7.94. The lowest BCUT2D eigenvalue weighted by Crippen LogP contribution is -2.21. The molecule has 1 unspecified atom stereocenters. The third-order valence-electron chi connectivity index (χ3n) is 3.90. The zero-order valence-corrected chi connectivity index (χ0v) is 13.2. The summed E-state index contributed by atoms with van der Waals surface area (Å²) in [5.41, 5.74) is 1.80. The van der Waals surface area contributed by atoms with Crippen LogP contribution in [-0.4, -0.2) is 13.8 Å². The minimum Gasteiger partial charge on any atom is -0.291 e. The van der Waals surface area contributed by atoms with Crippen LogP contribution in [-0.2, 0) is 9.84 Å². The molecule has 1 aromatic carbocycles. The Bertz CT molecular complexity index is 651. The molecule has 0 amide bonds. The third kappa shape index (κ3) is 3.74. The summed E-state index contributed by atoms with van der Waals surface area (Å²) >= 11 is 0. The van der Waals surface area contributed by atoms with Crippen molar-refractivity contribution < 1.29 is 8.42 Å². The second-order valence-corrected chi connectivity index (χ2v) is 7.58. The molecule has 0 saturated heterocycles. The lowest BCUT2D eigenvalue weighted by molar-refractivity contribution is 0.584. The monoisotopic (exact) mass is 303 g/mol. The molecule has 4 heteroatoms. The summed E-state index contributed by atoms with van der Waals surface area (Å²) in [5, 5.41) is -1.06. The number of benzene rings is 1. The van der Waals surface area contributed by atoms with Crippen molar-refractivity contribution >= 4 is 9.84 Å². The van der Waals surface area contributed by atoms with Crippen molar-refractivity contribution in [3.63, 3.8) is 0 Å². The average molecular weight is 303 g/mol. The van der Waals surface area contributed by atoms with Gasteiger partial charge in [-0.2, -0.15) is 0 Å². The zero-order chi connectivity index (χ0) is 15.3. The Balaban J connectivity index is 2.35. The van der Waals surface area contributed by atoms with Crippen LogP contribution in [0.3, 0.4) is 0 Å². The highest BCUT2D eigenvalue weighted by molar-refractivity contribution is 7.92. The molecule has 0 N–H and O–H groups in total. The first-order valence-electron chi connectivity index (χ1n) is 7.42. The summed E-state index contributed by atoms with van der Waals surface area (Å²) in [7, 11) is -3.62. The van der Waals surface area contributed by atoms with Crippen LogP contribution in [0.5, 0.6) is 0 Å². The van der Waals surface area contributed by atoms with Gasteiger partial charge in [-0.1, -0.05) is 36.6 Å². The van der Waals surface area contributed by atoms with E-state index in [0.717, 1.165) is 43.2 Å². The molecule has 112 valence electrons. The first-order valence-corrected chi connectivity index (χ1v) is 8.96. The SMILES string of the molecule is [C-]#[N+]C(C1=CCCCCCC1)S(=O)(=O)c1ccc(C)cc1. The smallest absolute Gasteiger partial charge is 0.291 e. The van der Waals surface area contributed by atoms with E-state index in [2.05, 4.69) is 4.85 Å². The molecule has 0 radical (unpaired) electrons. The Morgan fingerprint density at radius 2 is 1.76 bits per heavy atom. The summed E-state index contributed by atoms with van der Waals surface area (Å²) in [4.78, 5) is 3.70. The standard InChI is InChI=1S/C17H21NO2S/c1-14-10-12-16(13-11-14)21(19,20)17(18-2)15-8-6-4-3-5-7-9-15/h8,10-13,17H,3-7,9H2,1H3. The molecule has 1 atom stereocenters. The Labute approximate surface area is 127 Å². The molecule has 0 bridgehead atoms. The Morgan fingerprint density at radius 1 is 1.10 bits per heavy atom. The van der Waals surface area contributed by atoms with Crippen molar-refractivity contribution in [2.75, 3.05) is 0 Å². The maximum absolute atomic E-state index is 12.7. The van der Waals surface area contributed by atoms with Crippen molar-refractivity contribution in [1.82, 2.24) is 0 Å². The summed E-state index contributed by atoms with van der Waals surface area (Å²) < 4.78 is 25.4. The minimum absolute atomic E-state index is 0.247. The van der Waals surface area contributed by atoms with Crippen LogP contribution in [0.1, 0.15) is 44.1 Å². The second-order valence-electron chi connectivity index (χ2n) is 5.57. The van der Waals surface area contributed by atoms with E-state index in [-0.39, 0.29) is 4.90 Å². The third-order valence-corrected chi connectivity index (χ3v) is 5.83. The molecule has 3 nitrogen and oxygen atoms in total. The fourth-order valence-corrected chi connectivity index (χ4v) is 4.17. The molecule has 0 saturated carbocycles. The highest BCUT2D eigenvalue weighted by atomic mass is 32.2. The number of hydrogen-bond donors (Lipinski definition) is 0. The Kier molecular flexibility index (Phi) is 5.19. The van der Waals surface area contributed by atoms with Crippen LogP contribution in [0.15, 0.2) is 40.8 Å². The van der Waals surface area contributed by atoms with Gasteiger partial charge < -0.3 is 0 Å². The van der Waals surface area contributed by atoms with Crippen molar-refractivity contribution in [1.29, 1.82) is 0 Å². The van der Waals surface area contributed by atoms with Crippen LogP contribution in [0.25, 0.3) is 4.85 Å². The average Bonchev–Trinajstić information content (AvgIpc) is 2.42. The van der Waals surface area contributed by atoms with Crippen LogP contribution in [0.2, 0.25) is 0 Å². The predicted molar refractivity (Wildman–Crippen MR) is 84.5 cm³/mol. The number of rotatable bonds is 3. The molecule has 0 aliphatic heterocycles. The predicted octanol–water partition coefficient (Wildman–Crippen LogP) is 4.29. The van der Waals surface area contributed by atoms with Gasteiger partial charge in [0.15, 0.2) is 0 Å². The van der Waals surface area contributed by atoms with E-state index in [9.17, 15) is 8.42 Å². The molecular formula is C17H21NO2S. The van der Waals surface area contributed by atoms with Gasteiger partial charge in [-0.15, -0.1) is 0 Å². The van der Waals surface area contributed by atoms with Gasteiger partial charge in [-0.3, -0.25) is 4.85 Å². The van der Waals surface area contributed by atoms with E-state index in [1.807, 2.05) is 13.0 Å². The summed E-state index contributed by atoms with van der Waals surface area (Å²) in [5.74, 6) is 0. The fraction of sp³-hybridized carbons (Fsp3) is 0.471. The van der Waals surface area contributed by atoms with Crippen molar-refractivity contribution in [3.8, 4) is 0 Å². The van der Waals surface area contributed by atoms with E-state index in [1.165, 1.54) is 6.42 Å². The number of nitrogens with zero attached hydrogens (tertiary/aromatic N) is 1. The van der Waals surface area contributed by atoms with Crippen LogP contribution >= 0.6 is 0 Å². The molecule has 2 rings (SSSR count). The Morgan fingerprint density at radius 3 is 2.43 bits per heavy atom. The van der Waals surface area contributed by atoms with Gasteiger partial charge in [0, 0.05) is 5.57 Å². The highest BCUT2D eigenvalue weighted by Crippen LogP contribution is 2.28. The van der Waals surface area contributed by atoms with Crippen LogP contribution < -0.4 is 0 Å². The number of aryl methyl sites for hydroxylation is 1. The molecule has 21 heavy (non-hydrogen) atoms. The first kappa shape index (κ1) is 15.8.